The summed E-state index contributed by atoms with van der Waals surface area (Å²) in [5.74, 6) is -0.459. The highest BCUT2D eigenvalue weighted by atomic mass is 79.9. The van der Waals surface area contributed by atoms with Crippen molar-refractivity contribution in [3.05, 3.63) is 75.6 Å². The number of hydrogen-bond acceptors (Lipinski definition) is 6. The van der Waals surface area contributed by atoms with Crippen LogP contribution in [-0.4, -0.2) is 25.4 Å². The number of fused-ring (bicyclic) bond motifs is 1. The number of thiazole rings is 1. The number of hydrogen-bond donors (Lipinski definition) is 2. The number of amides is 1. The molecule has 0 aliphatic carbocycles. The summed E-state index contributed by atoms with van der Waals surface area (Å²) >= 11 is 5.72. The second kappa shape index (κ2) is 9.17. The molecule has 31 heavy (non-hydrogen) atoms. The summed E-state index contributed by atoms with van der Waals surface area (Å²) in [6, 6.07) is 17.3. The number of anilines is 1. The molecule has 0 aliphatic rings. The normalized spacial score (nSPS) is 12.7. The van der Waals surface area contributed by atoms with Crippen LogP contribution in [-0.2, 0) is 21.2 Å². The number of carbonyl (C=O) groups is 1. The van der Waals surface area contributed by atoms with Crippen molar-refractivity contribution in [2.75, 3.05) is 5.32 Å². The lowest BCUT2D eigenvalue weighted by molar-refractivity contribution is -0.117. The molecule has 0 saturated carbocycles. The van der Waals surface area contributed by atoms with Crippen molar-refractivity contribution in [2.24, 2.45) is 0 Å². The van der Waals surface area contributed by atoms with Crippen molar-refractivity contribution in [2.45, 2.75) is 23.6 Å². The molecule has 6 nitrogen and oxygen atoms in total. The van der Waals surface area contributed by atoms with Crippen LogP contribution in [0.3, 0.4) is 0 Å². The van der Waals surface area contributed by atoms with Gasteiger partial charge in [0.05, 0.1) is 14.0 Å². The lowest BCUT2D eigenvalue weighted by Crippen LogP contribution is -2.45. The Bertz CT molecular complexity index is 1330. The number of rotatable bonds is 7. The fraction of sp³-hybridized carbons (Fsp3) is 0.143. The molecule has 0 radical (unpaired) electrons. The zero-order chi connectivity index (χ0) is 22.0. The maximum absolute atomic E-state index is 13.1. The van der Waals surface area contributed by atoms with Crippen molar-refractivity contribution < 1.29 is 13.2 Å². The third kappa shape index (κ3) is 5.39. The molecule has 2 N–H and O–H groups in total. The van der Waals surface area contributed by atoms with Gasteiger partial charge in [0.15, 0.2) is 5.13 Å². The predicted molar refractivity (Wildman–Crippen MR) is 129 cm³/mol. The summed E-state index contributed by atoms with van der Waals surface area (Å²) in [6.07, 6.45) is 0.211. The Balaban J connectivity index is 1.59. The molecule has 10 heteroatoms. The van der Waals surface area contributed by atoms with E-state index in [1.165, 1.54) is 17.4 Å². The molecule has 2 heterocycles. The minimum absolute atomic E-state index is 0.140. The van der Waals surface area contributed by atoms with E-state index >= 15 is 0 Å². The van der Waals surface area contributed by atoms with Crippen LogP contribution in [0.1, 0.15) is 11.1 Å². The number of aryl methyl sites for hydroxylation is 1. The minimum Gasteiger partial charge on any atom is -0.301 e. The first-order chi connectivity index (χ1) is 14.8. The number of halogens is 1. The van der Waals surface area contributed by atoms with Crippen LogP contribution in [0.15, 0.2) is 68.7 Å². The van der Waals surface area contributed by atoms with E-state index in [-0.39, 0.29) is 10.6 Å². The van der Waals surface area contributed by atoms with E-state index in [9.17, 15) is 13.2 Å². The Labute approximate surface area is 196 Å². The summed E-state index contributed by atoms with van der Waals surface area (Å²) in [5.41, 5.74) is 2.73. The van der Waals surface area contributed by atoms with Crippen molar-refractivity contribution >= 4 is 69.9 Å². The molecule has 4 rings (SSSR count). The van der Waals surface area contributed by atoms with Crippen LogP contribution >= 0.6 is 38.6 Å². The number of aromatic nitrogens is 1. The average Bonchev–Trinajstić information content (AvgIpc) is 3.34. The highest BCUT2D eigenvalue weighted by molar-refractivity contribution is 9.11. The SMILES string of the molecule is Cc1ccc2nc(NC(=O)C(Cc3ccccc3)NS(=O)(=O)c3ccc(Br)s3)sc2c1. The van der Waals surface area contributed by atoms with Crippen LogP contribution in [0.2, 0.25) is 0 Å². The zero-order valence-corrected chi connectivity index (χ0v) is 20.4. The highest BCUT2D eigenvalue weighted by Gasteiger charge is 2.28. The number of sulfonamides is 1. The molecule has 1 amide bonds. The van der Waals surface area contributed by atoms with Crippen LogP contribution in [0.5, 0.6) is 0 Å². The Hall–Kier alpha value is -2.11. The molecule has 2 aromatic heterocycles. The van der Waals surface area contributed by atoms with E-state index in [0.717, 1.165) is 32.7 Å². The van der Waals surface area contributed by atoms with E-state index in [2.05, 4.69) is 31.0 Å². The first-order valence-corrected chi connectivity index (χ1v) is 13.2. The summed E-state index contributed by atoms with van der Waals surface area (Å²) < 4.78 is 30.1. The number of benzene rings is 2. The molecule has 2 aromatic carbocycles. The van der Waals surface area contributed by atoms with Gasteiger partial charge >= 0.3 is 0 Å². The van der Waals surface area contributed by atoms with Gasteiger partial charge in [0, 0.05) is 0 Å². The predicted octanol–water partition coefficient (Wildman–Crippen LogP) is 4.96. The fourth-order valence-corrected chi connectivity index (χ4v) is 7.19. The molecule has 1 unspecified atom stereocenters. The summed E-state index contributed by atoms with van der Waals surface area (Å²) in [6.45, 7) is 1.99. The van der Waals surface area contributed by atoms with Crippen molar-refractivity contribution in [3.8, 4) is 0 Å². The smallest absolute Gasteiger partial charge is 0.250 e. The van der Waals surface area contributed by atoms with Crippen LogP contribution in [0.4, 0.5) is 5.13 Å². The van der Waals surface area contributed by atoms with Gasteiger partial charge in [-0.15, -0.1) is 11.3 Å². The van der Waals surface area contributed by atoms with Gasteiger partial charge in [-0.25, -0.2) is 13.4 Å². The monoisotopic (exact) mass is 535 g/mol. The second-order valence-corrected chi connectivity index (χ2v) is 12.3. The number of carbonyl (C=O) groups excluding carboxylic acids is 1. The Morgan fingerprint density at radius 1 is 1.10 bits per heavy atom. The first kappa shape index (κ1) is 22.1. The van der Waals surface area contributed by atoms with Crippen LogP contribution < -0.4 is 10.0 Å². The lowest BCUT2D eigenvalue weighted by atomic mass is 10.1. The maximum atomic E-state index is 13.1. The molecule has 0 bridgehead atoms. The topological polar surface area (TPSA) is 88.2 Å². The maximum Gasteiger partial charge on any atom is 0.250 e. The van der Waals surface area contributed by atoms with Crippen molar-refractivity contribution in [1.29, 1.82) is 0 Å². The molecule has 0 saturated heterocycles. The molecule has 4 aromatic rings. The molecule has 0 spiro atoms. The molecule has 0 aliphatic heterocycles. The van der Waals surface area contributed by atoms with Gasteiger partial charge in [0.2, 0.25) is 5.91 Å². The van der Waals surface area contributed by atoms with Gasteiger partial charge in [0.1, 0.15) is 10.3 Å². The van der Waals surface area contributed by atoms with Crippen molar-refractivity contribution in [3.63, 3.8) is 0 Å². The van der Waals surface area contributed by atoms with E-state index < -0.39 is 22.0 Å². The summed E-state index contributed by atoms with van der Waals surface area (Å²) in [5, 5.41) is 3.22. The number of nitrogens with zero attached hydrogens (tertiary/aromatic N) is 1. The van der Waals surface area contributed by atoms with Gasteiger partial charge in [-0.2, -0.15) is 4.72 Å². The minimum atomic E-state index is -3.87. The Morgan fingerprint density at radius 3 is 2.58 bits per heavy atom. The van der Waals surface area contributed by atoms with Crippen LogP contribution in [0, 0.1) is 6.92 Å². The Kier molecular flexibility index (Phi) is 6.54. The Morgan fingerprint density at radius 2 is 1.87 bits per heavy atom. The molecule has 1 atom stereocenters. The average molecular weight is 536 g/mol. The van der Waals surface area contributed by atoms with E-state index in [1.54, 1.807) is 6.07 Å². The third-order valence-corrected chi connectivity index (χ3v) is 9.00. The largest absolute Gasteiger partial charge is 0.301 e. The van der Waals surface area contributed by atoms with Gasteiger partial charge < -0.3 is 5.32 Å². The molecule has 0 fully saturated rings. The first-order valence-electron chi connectivity index (χ1n) is 9.30. The van der Waals surface area contributed by atoms with E-state index in [0.29, 0.717) is 8.92 Å². The fourth-order valence-electron chi connectivity index (χ4n) is 3.00. The quantitative estimate of drug-likeness (QED) is 0.350. The third-order valence-electron chi connectivity index (χ3n) is 4.48. The zero-order valence-electron chi connectivity index (χ0n) is 16.3. The number of thiophene rings is 1. The summed E-state index contributed by atoms with van der Waals surface area (Å²) in [4.78, 5) is 17.5. The number of nitrogens with one attached hydrogen (secondary N) is 2. The van der Waals surface area contributed by atoms with Gasteiger partial charge in [-0.05, 0) is 64.7 Å². The van der Waals surface area contributed by atoms with Crippen LogP contribution in [0.25, 0.3) is 10.2 Å². The molecular weight excluding hydrogens is 518 g/mol. The van der Waals surface area contributed by atoms with Gasteiger partial charge in [-0.1, -0.05) is 47.7 Å². The van der Waals surface area contributed by atoms with Crippen molar-refractivity contribution in [1.82, 2.24) is 9.71 Å². The molecule has 160 valence electrons. The van der Waals surface area contributed by atoms with E-state index in [4.69, 9.17) is 0 Å². The standard InChI is InChI=1S/C21H18BrN3O3S3/c1-13-7-8-15-17(11-13)29-21(23-15)24-20(26)16(12-14-5-3-2-4-6-14)25-31(27,28)19-10-9-18(22)30-19/h2-11,16,25H,12H2,1H3,(H,23,24,26). The van der Waals surface area contributed by atoms with E-state index in [1.807, 2.05) is 55.5 Å². The lowest BCUT2D eigenvalue weighted by Gasteiger charge is -2.17. The van der Waals surface area contributed by atoms with Gasteiger partial charge in [0.25, 0.3) is 10.0 Å². The van der Waals surface area contributed by atoms with Gasteiger partial charge in [-0.3, -0.25) is 4.79 Å². The molecular formula is C21H18BrN3O3S3. The highest BCUT2D eigenvalue weighted by Crippen LogP contribution is 2.28. The summed E-state index contributed by atoms with van der Waals surface area (Å²) in [7, 11) is -3.87. The second-order valence-electron chi connectivity index (χ2n) is 6.90.